The first-order chi connectivity index (χ1) is 16.7. The second-order valence-corrected chi connectivity index (χ2v) is 11.0. The highest BCUT2D eigenvalue weighted by Crippen LogP contribution is 2.37. The van der Waals surface area contributed by atoms with Crippen LogP contribution in [0, 0.1) is 12.7 Å². The van der Waals surface area contributed by atoms with Crippen LogP contribution in [-0.4, -0.2) is 57.6 Å². The van der Waals surface area contributed by atoms with E-state index < -0.39 is 26.7 Å². The molecule has 0 spiro atoms. The third-order valence-electron chi connectivity index (χ3n) is 5.25. The van der Waals surface area contributed by atoms with Gasteiger partial charge in [0.1, 0.15) is 28.8 Å². The summed E-state index contributed by atoms with van der Waals surface area (Å²) in [5, 5.41) is 10.1. The maximum absolute atomic E-state index is 13.3. The lowest BCUT2D eigenvalue weighted by Gasteiger charge is -2.17. The van der Waals surface area contributed by atoms with Gasteiger partial charge < -0.3 is 9.47 Å². The smallest absolute Gasteiger partial charge is 0.197 e. The molecule has 10 nitrogen and oxygen atoms in total. The first-order valence-electron chi connectivity index (χ1n) is 10.5. The molecule has 0 N–H and O–H groups in total. The van der Waals surface area contributed by atoms with Crippen LogP contribution in [0.3, 0.4) is 0 Å². The lowest BCUT2D eigenvalue weighted by molar-refractivity contribution is 0.391. The van der Waals surface area contributed by atoms with Crippen molar-refractivity contribution in [3.05, 3.63) is 59.1 Å². The molecular weight excluding hydrogens is 495 g/mol. The molecule has 0 aliphatic heterocycles. The Bertz CT molecular complexity index is 1410. The molecule has 1 aromatic carbocycles. The number of rotatable bonds is 9. The highest BCUT2D eigenvalue weighted by atomic mass is 32.2. The van der Waals surface area contributed by atoms with Crippen LogP contribution in [-0.2, 0) is 22.0 Å². The Hall–Kier alpha value is -3.45. The predicted molar refractivity (Wildman–Crippen MR) is 128 cm³/mol. The zero-order valence-electron chi connectivity index (χ0n) is 19.5. The third kappa shape index (κ3) is 5.15. The van der Waals surface area contributed by atoms with Crippen molar-refractivity contribution in [2.45, 2.75) is 31.3 Å². The summed E-state index contributed by atoms with van der Waals surface area (Å²) in [6, 6.07) is 5.24. The monoisotopic (exact) mass is 518 g/mol. The lowest BCUT2D eigenvalue weighted by atomic mass is 10.2. The number of benzene rings is 1. The topological polar surface area (TPSA) is 122 Å². The SMILES string of the molecule is COc1cccc(OC)c1-n1c(CS(=O)(=O)[C@H](C)Cc2ncc(F)cn2)nnc1-c1nc(C)cs1. The van der Waals surface area contributed by atoms with Crippen LogP contribution in [0.25, 0.3) is 16.5 Å². The number of aromatic nitrogens is 6. The lowest BCUT2D eigenvalue weighted by Crippen LogP contribution is -2.24. The molecule has 0 fully saturated rings. The molecule has 0 saturated heterocycles. The van der Waals surface area contributed by atoms with Crippen LogP contribution in [0.2, 0.25) is 0 Å². The zero-order valence-corrected chi connectivity index (χ0v) is 21.1. The van der Waals surface area contributed by atoms with E-state index in [-0.39, 0.29) is 18.1 Å². The Morgan fingerprint density at radius 2 is 1.77 bits per heavy atom. The molecule has 0 radical (unpaired) electrons. The van der Waals surface area contributed by atoms with Crippen molar-refractivity contribution >= 4 is 21.2 Å². The minimum atomic E-state index is -3.75. The first-order valence-corrected chi connectivity index (χ1v) is 13.1. The van der Waals surface area contributed by atoms with Gasteiger partial charge in [0.05, 0.1) is 31.9 Å². The van der Waals surface area contributed by atoms with Gasteiger partial charge in [0.25, 0.3) is 0 Å². The average molecular weight is 519 g/mol. The van der Waals surface area contributed by atoms with Gasteiger partial charge in [-0.3, -0.25) is 4.57 Å². The van der Waals surface area contributed by atoms with Crippen LogP contribution < -0.4 is 9.47 Å². The summed E-state index contributed by atoms with van der Waals surface area (Å²) < 4.78 is 52.5. The van der Waals surface area contributed by atoms with Gasteiger partial charge in [-0.15, -0.1) is 21.5 Å². The number of nitrogens with zero attached hydrogens (tertiary/aromatic N) is 6. The Balaban J connectivity index is 1.79. The summed E-state index contributed by atoms with van der Waals surface area (Å²) in [4.78, 5) is 12.2. The minimum Gasteiger partial charge on any atom is -0.494 e. The van der Waals surface area contributed by atoms with Crippen LogP contribution >= 0.6 is 11.3 Å². The Kier molecular flexibility index (Phi) is 7.08. The average Bonchev–Trinajstić information content (AvgIpc) is 3.45. The zero-order chi connectivity index (χ0) is 25.2. The van der Waals surface area contributed by atoms with Gasteiger partial charge in [0.15, 0.2) is 32.3 Å². The van der Waals surface area contributed by atoms with E-state index in [1.165, 1.54) is 25.6 Å². The second kappa shape index (κ2) is 10.0. The van der Waals surface area contributed by atoms with E-state index in [9.17, 15) is 12.8 Å². The van der Waals surface area contributed by atoms with E-state index in [1.54, 1.807) is 29.7 Å². The van der Waals surface area contributed by atoms with E-state index in [0.717, 1.165) is 18.1 Å². The summed E-state index contributed by atoms with van der Waals surface area (Å²) in [5.41, 5.74) is 1.26. The number of hydrogen-bond donors (Lipinski definition) is 0. The Labute approximate surface area is 205 Å². The molecule has 3 heterocycles. The van der Waals surface area contributed by atoms with Crippen molar-refractivity contribution in [2.24, 2.45) is 0 Å². The molecule has 13 heteroatoms. The van der Waals surface area contributed by atoms with E-state index in [4.69, 9.17) is 9.47 Å². The van der Waals surface area contributed by atoms with Crippen LogP contribution in [0.5, 0.6) is 11.5 Å². The number of aryl methyl sites for hydroxylation is 1. The molecule has 184 valence electrons. The molecule has 35 heavy (non-hydrogen) atoms. The van der Waals surface area contributed by atoms with Gasteiger partial charge in [-0.2, -0.15) is 0 Å². The fraction of sp³-hybridized carbons (Fsp3) is 0.318. The quantitative estimate of drug-likeness (QED) is 0.329. The van der Waals surface area contributed by atoms with Crippen molar-refractivity contribution < 1.29 is 22.3 Å². The number of para-hydroxylation sites is 1. The second-order valence-electron chi connectivity index (χ2n) is 7.72. The van der Waals surface area contributed by atoms with Gasteiger partial charge in [-0.25, -0.2) is 27.8 Å². The molecule has 0 saturated carbocycles. The number of halogens is 1. The summed E-state index contributed by atoms with van der Waals surface area (Å²) in [6.07, 6.45) is 2.04. The maximum Gasteiger partial charge on any atom is 0.197 e. The standard InChI is InChI=1S/C22H23FN6O4S2/c1-13-11-34-22(26-13)21-28-27-19(29(21)20-16(32-3)6-5-7-17(20)33-4)12-35(30,31)14(2)8-18-24-9-15(23)10-25-18/h5-7,9-11,14H,8,12H2,1-4H3/t14-/m1/s1. The van der Waals surface area contributed by atoms with E-state index >= 15 is 0 Å². The van der Waals surface area contributed by atoms with Gasteiger partial charge in [-0.05, 0) is 26.0 Å². The van der Waals surface area contributed by atoms with Crippen molar-refractivity contribution in [3.63, 3.8) is 0 Å². The molecule has 0 aliphatic carbocycles. The van der Waals surface area contributed by atoms with E-state index in [1.807, 2.05) is 12.3 Å². The number of methoxy groups -OCH3 is 2. The molecule has 0 bridgehead atoms. The molecule has 1 atom stereocenters. The van der Waals surface area contributed by atoms with Crippen LogP contribution in [0.1, 0.15) is 24.3 Å². The molecule has 0 aliphatic rings. The van der Waals surface area contributed by atoms with Crippen LogP contribution in [0.4, 0.5) is 4.39 Å². The first kappa shape index (κ1) is 24.7. The third-order valence-corrected chi connectivity index (χ3v) is 8.26. The summed E-state index contributed by atoms with van der Waals surface area (Å²) in [7, 11) is -0.729. The van der Waals surface area contributed by atoms with Crippen molar-refractivity contribution in [1.29, 1.82) is 0 Å². The Morgan fingerprint density at radius 1 is 1.11 bits per heavy atom. The highest BCUT2D eigenvalue weighted by molar-refractivity contribution is 7.91. The predicted octanol–water partition coefficient (Wildman–Crippen LogP) is 3.19. The molecule has 0 amide bonds. The van der Waals surface area contributed by atoms with Gasteiger partial charge in [0, 0.05) is 17.5 Å². The summed E-state index contributed by atoms with van der Waals surface area (Å²) in [6.45, 7) is 3.41. The number of ether oxygens (including phenoxy) is 2. The summed E-state index contributed by atoms with van der Waals surface area (Å²) in [5.74, 6) is 0.652. The number of hydrogen-bond acceptors (Lipinski definition) is 10. The number of thiazole rings is 1. The van der Waals surface area contributed by atoms with Gasteiger partial charge >= 0.3 is 0 Å². The van der Waals surface area contributed by atoms with Crippen molar-refractivity contribution in [1.82, 2.24) is 29.7 Å². The molecule has 3 aromatic heterocycles. The fourth-order valence-electron chi connectivity index (χ4n) is 3.44. The molecular formula is C22H23FN6O4S2. The normalized spacial score (nSPS) is 12.5. The van der Waals surface area contributed by atoms with Crippen LogP contribution in [0.15, 0.2) is 36.0 Å². The van der Waals surface area contributed by atoms with E-state index in [0.29, 0.717) is 28.0 Å². The van der Waals surface area contributed by atoms with Crippen molar-refractivity contribution in [2.75, 3.05) is 14.2 Å². The van der Waals surface area contributed by atoms with Gasteiger partial charge in [-0.1, -0.05) is 6.07 Å². The van der Waals surface area contributed by atoms with Gasteiger partial charge in [0.2, 0.25) is 0 Å². The minimum absolute atomic E-state index is 0.0211. The fourth-order valence-corrected chi connectivity index (χ4v) is 5.45. The molecule has 4 rings (SSSR count). The van der Waals surface area contributed by atoms with E-state index in [2.05, 4.69) is 25.1 Å². The van der Waals surface area contributed by atoms with Crippen molar-refractivity contribution in [3.8, 4) is 28.0 Å². The maximum atomic E-state index is 13.3. The molecule has 0 unspecified atom stereocenters. The summed E-state index contributed by atoms with van der Waals surface area (Å²) >= 11 is 1.37. The highest BCUT2D eigenvalue weighted by Gasteiger charge is 2.30. The number of sulfone groups is 1. The largest absolute Gasteiger partial charge is 0.494 e. The molecule has 4 aromatic rings. The Morgan fingerprint density at radius 3 is 2.34 bits per heavy atom.